The molecule has 0 amide bonds. The van der Waals surface area contributed by atoms with Crippen LogP contribution in [0.4, 0.5) is 0 Å². The molecule has 0 aromatic carbocycles. The van der Waals surface area contributed by atoms with Crippen molar-refractivity contribution in [1.29, 1.82) is 0 Å². The smallest absolute Gasteiger partial charge is 0.263 e. The minimum atomic E-state index is -0.0203. The SMILES string of the molecule is CCCCCCCC/C=C\CCCCCCCC(=O)c1nc(-c2nccn2C)co1. The third-order valence-corrected chi connectivity index (χ3v) is 5.46. The van der Waals surface area contributed by atoms with Gasteiger partial charge in [0.1, 0.15) is 12.0 Å². The number of aromatic nitrogens is 3. The number of oxazole rings is 1. The van der Waals surface area contributed by atoms with Gasteiger partial charge in [0.15, 0.2) is 5.82 Å². The summed E-state index contributed by atoms with van der Waals surface area (Å²) in [6, 6.07) is 0. The van der Waals surface area contributed by atoms with Crippen LogP contribution in [0.5, 0.6) is 0 Å². The minimum absolute atomic E-state index is 0.0203. The number of nitrogens with zero attached hydrogens (tertiary/aromatic N) is 3. The van der Waals surface area contributed by atoms with E-state index in [1.807, 2.05) is 17.8 Å². The highest BCUT2D eigenvalue weighted by Crippen LogP contribution is 2.17. The van der Waals surface area contributed by atoms with E-state index < -0.39 is 0 Å². The Morgan fingerprint density at radius 1 is 0.967 bits per heavy atom. The summed E-state index contributed by atoms with van der Waals surface area (Å²) in [7, 11) is 1.89. The fourth-order valence-electron chi connectivity index (χ4n) is 3.58. The first-order valence-electron chi connectivity index (χ1n) is 11.8. The molecule has 0 unspecified atom stereocenters. The summed E-state index contributed by atoms with van der Waals surface area (Å²) in [5, 5.41) is 0. The monoisotopic (exact) mass is 413 g/mol. The maximum absolute atomic E-state index is 12.3. The van der Waals surface area contributed by atoms with Crippen molar-refractivity contribution >= 4 is 5.78 Å². The lowest BCUT2D eigenvalue weighted by Crippen LogP contribution is -2.00. The van der Waals surface area contributed by atoms with Crippen LogP contribution >= 0.6 is 0 Å². The van der Waals surface area contributed by atoms with Crippen LogP contribution in [0.15, 0.2) is 35.2 Å². The van der Waals surface area contributed by atoms with Crippen molar-refractivity contribution in [3.63, 3.8) is 0 Å². The Morgan fingerprint density at radius 3 is 2.23 bits per heavy atom. The second-order valence-corrected chi connectivity index (χ2v) is 8.16. The topological polar surface area (TPSA) is 60.9 Å². The van der Waals surface area contributed by atoms with Crippen LogP contribution in [0, 0.1) is 0 Å². The second-order valence-electron chi connectivity index (χ2n) is 8.16. The van der Waals surface area contributed by atoms with Gasteiger partial charge in [-0.1, -0.05) is 70.4 Å². The van der Waals surface area contributed by atoms with Crippen molar-refractivity contribution in [2.24, 2.45) is 7.05 Å². The first-order chi connectivity index (χ1) is 14.7. The summed E-state index contributed by atoms with van der Waals surface area (Å²) in [6.45, 7) is 2.26. The molecular formula is C25H39N3O2. The Morgan fingerprint density at radius 2 is 1.60 bits per heavy atom. The second kappa shape index (κ2) is 14.8. The lowest BCUT2D eigenvalue weighted by atomic mass is 10.1. The van der Waals surface area contributed by atoms with E-state index >= 15 is 0 Å². The highest BCUT2D eigenvalue weighted by Gasteiger charge is 2.15. The van der Waals surface area contributed by atoms with Crippen molar-refractivity contribution in [1.82, 2.24) is 14.5 Å². The van der Waals surface area contributed by atoms with E-state index in [9.17, 15) is 4.79 Å². The van der Waals surface area contributed by atoms with Gasteiger partial charge in [-0.15, -0.1) is 0 Å². The van der Waals surface area contributed by atoms with Crippen LogP contribution in [0.25, 0.3) is 11.5 Å². The first kappa shape index (κ1) is 24.1. The van der Waals surface area contributed by atoms with Gasteiger partial charge in [0.05, 0.1) is 0 Å². The zero-order valence-electron chi connectivity index (χ0n) is 18.9. The Bertz CT molecular complexity index is 745. The summed E-state index contributed by atoms with van der Waals surface area (Å²) in [6.07, 6.45) is 26.5. The molecule has 0 bridgehead atoms. The molecule has 166 valence electrons. The van der Waals surface area contributed by atoms with E-state index in [0.29, 0.717) is 17.9 Å². The van der Waals surface area contributed by atoms with Crippen molar-refractivity contribution in [2.75, 3.05) is 0 Å². The highest BCUT2D eigenvalue weighted by molar-refractivity contribution is 5.92. The van der Waals surface area contributed by atoms with E-state index in [1.165, 1.54) is 76.9 Å². The largest absolute Gasteiger partial charge is 0.442 e. The number of ketones is 1. The van der Waals surface area contributed by atoms with Gasteiger partial charge < -0.3 is 8.98 Å². The number of allylic oxidation sites excluding steroid dienone is 2. The molecule has 0 aliphatic carbocycles. The predicted molar refractivity (Wildman–Crippen MR) is 122 cm³/mol. The summed E-state index contributed by atoms with van der Waals surface area (Å²) in [5.41, 5.74) is 0.607. The third-order valence-electron chi connectivity index (χ3n) is 5.46. The zero-order valence-corrected chi connectivity index (χ0v) is 18.9. The lowest BCUT2D eigenvalue weighted by molar-refractivity contribution is 0.0945. The van der Waals surface area contributed by atoms with Gasteiger partial charge in [-0.2, -0.15) is 0 Å². The van der Waals surface area contributed by atoms with E-state index in [2.05, 4.69) is 29.0 Å². The molecule has 0 radical (unpaired) electrons. The molecule has 2 rings (SSSR count). The van der Waals surface area contributed by atoms with E-state index in [0.717, 1.165) is 12.8 Å². The highest BCUT2D eigenvalue weighted by atomic mass is 16.3. The van der Waals surface area contributed by atoms with Crippen LogP contribution < -0.4 is 0 Å². The number of unbranched alkanes of at least 4 members (excludes halogenated alkanes) is 11. The molecule has 30 heavy (non-hydrogen) atoms. The van der Waals surface area contributed by atoms with E-state index in [-0.39, 0.29) is 11.7 Å². The summed E-state index contributed by atoms with van der Waals surface area (Å²) >= 11 is 0. The average Bonchev–Trinajstić information content (AvgIpc) is 3.39. The number of imidazole rings is 1. The predicted octanol–water partition coefficient (Wildman–Crippen LogP) is 7.30. The average molecular weight is 414 g/mol. The molecule has 2 heterocycles. The molecule has 0 fully saturated rings. The normalized spacial score (nSPS) is 11.5. The molecule has 0 N–H and O–H groups in total. The first-order valence-corrected chi connectivity index (χ1v) is 11.8. The zero-order chi connectivity index (χ0) is 21.4. The summed E-state index contributed by atoms with van der Waals surface area (Å²) in [5.74, 6) is 0.885. The molecule has 2 aromatic heterocycles. The maximum Gasteiger partial charge on any atom is 0.263 e. The number of hydrogen-bond donors (Lipinski definition) is 0. The number of Topliss-reactive ketones (excluding diaryl/α,β-unsaturated/α-hetero) is 1. The van der Waals surface area contributed by atoms with Gasteiger partial charge in [-0.25, -0.2) is 9.97 Å². The van der Waals surface area contributed by atoms with Crippen molar-refractivity contribution < 1.29 is 9.21 Å². The van der Waals surface area contributed by atoms with Crippen LogP contribution in [0.3, 0.4) is 0 Å². The molecule has 5 nitrogen and oxygen atoms in total. The van der Waals surface area contributed by atoms with Crippen LogP contribution in [-0.4, -0.2) is 20.3 Å². The molecule has 5 heteroatoms. The molecule has 0 aliphatic heterocycles. The Kier molecular flexibility index (Phi) is 11.9. The molecule has 0 spiro atoms. The number of carbonyl (C=O) groups is 1. The van der Waals surface area contributed by atoms with Gasteiger partial charge in [-0.05, 0) is 32.1 Å². The van der Waals surface area contributed by atoms with Crippen LogP contribution in [-0.2, 0) is 7.05 Å². The molecule has 0 aliphatic rings. The van der Waals surface area contributed by atoms with Gasteiger partial charge in [0.2, 0.25) is 5.78 Å². The van der Waals surface area contributed by atoms with Crippen LogP contribution in [0.2, 0.25) is 0 Å². The van der Waals surface area contributed by atoms with Crippen molar-refractivity contribution in [3.05, 3.63) is 36.7 Å². The van der Waals surface area contributed by atoms with Gasteiger partial charge in [0, 0.05) is 25.9 Å². The number of carbonyl (C=O) groups excluding carboxylic acids is 1. The fraction of sp³-hybridized carbons (Fsp3) is 0.640. The van der Waals surface area contributed by atoms with Gasteiger partial charge >= 0.3 is 0 Å². The Labute approximate surface area is 182 Å². The van der Waals surface area contributed by atoms with Crippen molar-refractivity contribution in [3.8, 4) is 11.5 Å². The van der Waals surface area contributed by atoms with E-state index in [4.69, 9.17) is 4.42 Å². The van der Waals surface area contributed by atoms with Gasteiger partial charge in [-0.3, -0.25) is 4.79 Å². The fourth-order valence-corrected chi connectivity index (χ4v) is 3.58. The Hall–Kier alpha value is -2.17. The lowest BCUT2D eigenvalue weighted by Gasteiger charge is -2.00. The molecule has 0 atom stereocenters. The van der Waals surface area contributed by atoms with Crippen LogP contribution in [0.1, 0.15) is 108 Å². The number of aryl methyl sites for hydroxylation is 1. The number of rotatable bonds is 17. The number of hydrogen-bond acceptors (Lipinski definition) is 4. The van der Waals surface area contributed by atoms with Crippen molar-refractivity contribution in [2.45, 2.75) is 96.8 Å². The molecular weight excluding hydrogens is 374 g/mol. The summed E-state index contributed by atoms with van der Waals surface area (Å²) < 4.78 is 7.22. The quantitative estimate of drug-likeness (QED) is 0.155. The molecule has 2 aromatic rings. The molecule has 0 saturated heterocycles. The van der Waals surface area contributed by atoms with E-state index in [1.54, 1.807) is 6.20 Å². The Balaban J connectivity index is 1.45. The van der Waals surface area contributed by atoms with Gasteiger partial charge in [0.25, 0.3) is 5.89 Å². The maximum atomic E-state index is 12.3. The molecule has 0 saturated carbocycles. The third kappa shape index (κ3) is 9.10. The minimum Gasteiger partial charge on any atom is -0.442 e. The standard InChI is InChI=1S/C25H39N3O2/c1-3-4-5-6-7-8-9-10-11-12-13-14-15-16-17-18-23(29)25-27-22(21-30-25)24-26-19-20-28(24)2/h10-11,19-21H,3-9,12-18H2,1-2H3/b11-10-. The summed E-state index contributed by atoms with van der Waals surface area (Å²) in [4.78, 5) is 20.8.